The highest BCUT2D eigenvalue weighted by atomic mass is 79.9. The Morgan fingerprint density at radius 3 is 2.90 bits per heavy atom. The van der Waals surface area contributed by atoms with E-state index in [0.29, 0.717) is 6.04 Å². The van der Waals surface area contributed by atoms with Crippen LogP contribution in [0, 0.1) is 5.92 Å². The van der Waals surface area contributed by atoms with Crippen LogP contribution in [0.5, 0.6) is 0 Å². The molecule has 2 aromatic rings. The number of benzene rings is 1. The van der Waals surface area contributed by atoms with E-state index in [2.05, 4.69) is 47.2 Å². The second-order valence-electron chi connectivity index (χ2n) is 6.53. The van der Waals surface area contributed by atoms with E-state index in [1.54, 1.807) is 0 Å². The Bertz CT molecular complexity index is 606. The maximum Gasteiger partial charge on any atom is 0.134 e. The lowest BCUT2D eigenvalue weighted by atomic mass is 10.0. The van der Waals surface area contributed by atoms with Crippen LogP contribution in [0.3, 0.4) is 0 Å². The molecule has 0 saturated heterocycles. The number of fused-ring (bicyclic) bond motifs is 1. The lowest BCUT2D eigenvalue weighted by Crippen LogP contribution is -2.30. The number of halogens is 1. The summed E-state index contributed by atoms with van der Waals surface area (Å²) in [6, 6.07) is 9.24. The minimum atomic E-state index is 0.273. The number of hydrogen-bond acceptors (Lipinski definition) is 2. The first-order chi connectivity index (χ1) is 10.1. The summed E-state index contributed by atoms with van der Waals surface area (Å²) in [4.78, 5) is 0. The first-order valence-electron chi connectivity index (χ1n) is 8.07. The fourth-order valence-electron chi connectivity index (χ4n) is 3.34. The van der Waals surface area contributed by atoms with Gasteiger partial charge in [-0.2, -0.15) is 0 Å². The topological polar surface area (TPSA) is 25.2 Å². The second kappa shape index (κ2) is 6.53. The van der Waals surface area contributed by atoms with E-state index >= 15 is 0 Å². The number of rotatable bonds is 3. The van der Waals surface area contributed by atoms with Crippen LogP contribution in [-0.4, -0.2) is 6.04 Å². The predicted molar refractivity (Wildman–Crippen MR) is 91.5 cm³/mol. The minimum absolute atomic E-state index is 0.273. The molecule has 1 aliphatic carbocycles. The van der Waals surface area contributed by atoms with E-state index in [9.17, 15) is 0 Å². The van der Waals surface area contributed by atoms with Crippen molar-refractivity contribution in [1.29, 1.82) is 0 Å². The molecule has 114 valence electrons. The van der Waals surface area contributed by atoms with Gasteiger partial charge in [0.05, 0.1) is 6.04 Å². The summed E-state index contributed by atoms with van der Waals surface area (Å²) in [6.45, 7) is 4.59. The third-order valence-corrected chi connectivity index (χ3v) is 5.16. The normalized spacial score (nSPS) is 24.9. The molecule has 3 atom stereocenters. The van der Waals surface area contributed by atoms with Crippen molar-refractivity contribution in [2.45, 2.75) is 58.0 Å². The molecular weight excluding hydrogens is 326 g/mol. The van der Waals surface area contributed by atoms with Crippen molar-refractivity contribution in [3.05, 3.63) is 34.5 Å². The van der Waals surface area contributed by atoms with Gasteiger partial charge in [0.1, 0.15) is 11.3 Å². The molecule has 3 heteroatoms. The highest BCUT2D eigenvalue weighted by molar-refractivity contribution is 9.10. The molecule has 0 bridgehead atoms. The average molecular weight is 350 g/mol. The molecule has 1 aliphatic rings. The molecular formula is C18H24BrNO. The standard InChI is InChI=1S/C18H24BrNO/c1-12-4-3-5-16(8-6-12)20-13(2)18-11-14-10-15(19)7-9-17(14)21-18/h7,9-13,16,20H,3-6,8H2,1-2H3. The monoisotopic (exact) mass is 349 g/mol. The van der Waals surface area contributed by atoms with Gasteiger partial charge in [0.15, 0.2) is 0 Å². The van der Waals surface area contributed by atoms with Crippen LogP contribution in [0.4, 0.5) is 0 Å². The van der Waals surface area contributed by atoms with Gasteiger partial charge in [0.25, 0.3) is 0 Å². The first kappa shape index (κ1) is 15.1. The molecule has 3 unspecified atom stereocenters. The Labute approximate surface area is 135 Å². The fraction of sp³-hybridized carbons (Fsp3) is 0.556. The Morgan fingerprint density at radius 1 is 1.19 bits per heavy atom. The number of nitrogens with one attached hydrogen (secondary N) is 1. The Morgan fingerprint density at radius 2 is 2.05 bits per heavy atom. The van der Waals surface area contributed by atoms with Gasteiger partial charge in [0, 0.05) is 15.9 Å². The highest BCUT2D eigenvalue weighted by Gasteiger charge is 2.20. The zero-order valence-electron chi connectivity index (χ0n) is 12.9. The van der Waals surface area contributed by atoms with Crippen molar-refractivity contribution in [1.82, 2.24) is 5.32 Å². The van der Waals surface area contributed by atoms with E-state index in [0.717, 1.165) is 21.7 Å². The molecule has 2 nitrogen and oxygen atoms in total. The summed E-state index contributed by atoms with van der Waals surface area (Å²) in [6.07, 6.45) is 6.65. The van der Waals surface area contributed by atoms with Gasteiger partial charge in [-0.15, -0.1) is 0 Å². The van der Waals surface area contributed by atoms with Crippen LogP contribution in [0.1, 0.15) is 57.8 Å². The van der Waals surface area contributed by atoms with Gasteiger partial charge in [-0.3, -0.25) is 0 Å². The van der Waals surface area contributed by atoms with Crippen molar-refractivity contribution >= 4 is 26.9 Å². The minimum Gasteiger partial charge on any atom is -0.459 e. The van der Waals surface area contributed by atoms with E-state index in [1.165, 1.54) is 37.5 Å². The lowest BCUT2D eigenvalue weighted by molar-refractivity contribution is 0.371. The molecule has 1 heterocycles. The van der Waals surface area contributed by atoms with Gasteiger partial charge in [-0.25, -0.2) is 0 Å². The van der Waals surface area contributed by atoms with E-state index in [-0.39, 0.29) is 6.04 Å². The highest BCUT2D eigenvalue weighted by Crippen LogP contribution is 2.28. The smallest absolute Gasteiger partial charge is 0.134 e. The van der Waals surface area contributed by atoms with Crippen LogP contribution in [-0.2, 0) is 0 Å². The van der Waals surface area contributed by atoms with Crippen LogP contribution in [0.2, 0.25) is 0 Å². The Hall–Kier alpha value is -0.800. The summed E-state index contributed by atoms with van der Waals surface area (Å²) in [5.74, 6) is 1.93. The maximum absolute atomic E-state index is 6.00. The van der Waals surface area contributed by atoms with Crippen LogP contribution in [0.15, 0.2) is 33.2 Å². The van der Waals surface area contributed by atoms with Crippen LogP contribution < -0.4 is 5.32 Å². The molecule has 0 spiro atoms. The van der Waals surface area contributed by atoms with Crippen molar-refractivity contribution in [3.63, 3.8) is 0 Å². The molecule has 1 aromatic heterocycles. The largest absolute Gasteiger partial charge is 0.459 e. The van der Waals surface area contributed by atoms with Gasteiger partial charge in [0.2, 0.25) is 0 Å². The van der Waals surface area contributed by atoms with Crippen molar-refractivity contribution in [2.24, 2.45) is 5.92 Å². The van der Waals surface area contributed by atoms with Gasteiger partial charge in [-0.1, -0.05) is 35.7 Å². The zero-order valence-corrected chi connectivity index (χ0v) is 14.4. The molecule has 0 radical (unpaired) electrons. The maximum atomic E-state index is 6.00. The quantitative estimate of drug-likeness (QED) is 0.706. The van der Waals surface area contributed by atoms with Gasteiger partial charge >= 0.3 is 0 Å². The molecule has 0 aliphatic heterocycles. The summed E-state index contributed by atoms with van der Waals surface area (Å²) >= 11 is 3.52. The fourth-order valence-corrected chi connectivity index (χ4v) is 3.72. The SMILES string of the molecule is CC1CCCC(NC(C)c2cc3cc(Br)ccc3o2)CC1. The van der Waals surface area contributed by atoms with E-state index in [4.69, 9.17) is 4.42 Å². The van der Waals surface area contributed by atoms with Crippen LogP contribution in [0.25, 0.3) is 11.0 Å². The molecule has 1 fully saturated rings. The summed E-state index contributed by atoms with van der Waals surface area (Å²) in [5.41, 5.74) is 0.969. The zero-order chi connectivity index (χ0) is 14.8. The molecule has 3 rings (SSSR count). The van der Waals surface area contributed by atoms with E-state index < -0.39 is 0 Å². The van der Waals surface area contributed by atoms with Gasteiger partial charge in [-0.05, 0) is 56.4 Å². The predicted octanol–water partition coefficient (Wildman–Crippen LogP) is 5.81. The third kappa shape index (κ3) is 3.70. The summed E-state index contributed by atoms with van der Waals surface area (Å²) < 4.78 is 7.09. The molecule has 1 saturated carbocycles. The van der Waals surface area contributed by atoms with Crippen LogP contribution >= 0.6 is 15.9 Å². The Kier molecular flexibility index (Phi) is 4.70. The summed E-state index contributed by atoms with van der Waals surface area (Å²) in [7, 11) is 0. The average Bonchev–Trinajstić information content (AvgIpc) is 2.77. The lowest BCUT2D eigenvalue weighted by Gasteiger charge is -2.20. The molecule has 1 aromatic carbocycles. The third-order valence-electron chi connectivity index (χ3n) is 4.67. The number of hydrogen-bond donors (Lipinski definition) is 1. The van der Waals surface area contributed by atoms with Crippen molar-refractivity contribution in [3.8, 4) is 0 Å². The van der Waals surface area contributed by atoms with Crippen molar-refractivity contribution in [2.75, 3.05) is 0 Å². The Balaban J connectivity index is 1.69. The van der Waals surface area contributed by atoms with Crippen molar-refractivity contribution < 1.29 is 4.42 Å². The molecule has 21 heavy (non-hydrogen) atoms. The van der Waals surface area contributed by atoms with Gasteiger partial charge < -0.3 is 9.73 Å². The number of furan rings is 1. The first-order valence-corrected chi connectivity index (χ1v) is 8.86. The molecule has 0 amide bonds. The second-order valence-corrected chi connectivity index (χ2v) is 7.45. The van der Waals surface area contributed by atoms with E-state index in [1.807, 2.05) is 12.1 Å². The molecule has 1 N–H and O–H groups in total. The summed E-state index contributed by atoms with van der Waals surface area (Å²) in [5, 5.41) is 4.93.